The lowest BCUT2D eigenvalue weighted by Gasteiger charge is -2.24. The number of rotatable bonds is 8. The monoisotopic (exact) mass is 435 g/mol. The Morgan fingerprint density at radius 2 is 2.16 bits per heavy atom. The first kappa shape index (κ1) is 19.9. The van der Waals surface area contributed by atoms with Crippen molar-refractivity contribution in [3.63, 3.8) is 0 Å². The molecule has 1 aromatic heterocycles. The molecule has 2 aliphatic heterocycles. The van der Waals surface area contributed by atoms with Crippen molar-refractivity contribution in [1.82, 2.24) is 19.4 Å². The Balaban J connectivity index is 1.27. The minimum atomic E-state index is 0.127. The molecule has 31 heavy (non-hydrogen) atoms. The summed E-state index contributed by atoms with van der Waals surface area (Å²) in [6.07, 6.45) is 9.89. The molecular weight excluding hydrogens is 410 g/mol. The van der Waals surface area contributed by atoms with E-state index in [4.69, 9.17) is 0 Å². The van der Waals surface area contributed by atoms with Gasteiger partial charge in [0.25, 0.3) is 11.7 Å². The van der Waals surface area contributed by atoms with Crippen LogP contribution in [0.1, 0.15) is 31.9 Å². The summed E-state index contributed by atoms with van der Waals surface area (Å²) in [5.74, 6) is 2.97. The van der Waals surface area contributed by atoms with Crippen LogP contribution >= 0.6 is 11.9 Å². The zero-order valence-electron chi connectivity index (χ0n) is 17.3. The van der Waals surface area contributed by atoms with E-state index < -0.39 is 0 Å². The third-order valence-electron chi connectivity index (χ3n) is 5.24. The third kappa shape index (κ3) is 4.67. The van der Waals surface area contributed by atoms with Crippen molar-refractivity contribution in [3.05, 3.63) is 60.4 Å². The topological polar surface area (TPSA) is 91.3 Å². The molecule has 3 N–H and O–H groups in total. The van der Waals surface area contributed by atoms with E-state index in [1.54, 1.807) is 11.9 Å². The molecule has 9 heteroatoms. The SMILES string of the molecule is CCCc1cc(NC2=CN(Sc3ccc(NC(=O)C4CC4)cc3)CC3=NC=C[N+]23)n[nH]1. The molecule has 0 spiro atoms. The number of carbonyl (C=O) groups excluding carboxylic acids is 1. The lowest BCUT2D eigenvalue weighted by molar-refractivity contribution is -0.117. The normalized spacial score (nSPS) is 17.9. The summed E-state index contributed by atoms with van der Waals surface area (Å²) >= 11 is 1.63. The summed E-state index contributed by atoms with van der Waals surface area (Å²) in [6.45, 7) is 2.84. The number of aromatic nitrogens is 2. The minimum absolute atomic E-state index is 0.127. The van der Waals surface area contributed by atoms with Crippen molar-refractivity contribution in [2.24, 2.45) is 10.9 Å². The Morgan fingerprint density at radius 1 is 1.32 bits per heavy atom. The zero-order valence-corrected chi connectivity index (χ0v) is 18.2. The van der Waals surface area contributed by atoms with E-state index in [1.165, 1.54) is 0 Å². The van der Waals surface area contributed by atoms with Crippen molar-refractivity contribution in [2.75, 3.05) is 17.2 Å². The van der Waals surface area contributed by atoms with Gasteiger partial charge in [-0.15, -0.1) is 0 Å². The highest BCUT2D eigenvalue weighted by Gasteiger charge is 2.37. The number of aliphatic imine (C=N–C) groups is 1. The number of benzene rings is 1. The maximum Gasteiger partial charge on any atom is 0.285 e. The first-order chi connectivity index (χ1) is 15.2. The van der Waals surface area contributed by atoms with Gasteiger partial charge in [0.15, 0.2) is 12.0 Å². The van der Waals surface area contributed by atoms with Gasteiger partial charge in [-0.25, -0.2) is 0 Å². The fraction of sp³-hybridized carbons (Fsp3) is 0.318. The van der Waals surface area contributed by atoms with E-state index in [0.717, 1.165) is 59.4 Å². The van der Waals surface area contributed by atoms with E-state index in [-0.39, 0.29) is 11.8 Å². The third-order valence-corrected chi connectivity index (χ3v) is 6.19. The number of nitrogens with zero attached hydrogens (tertiary/aromatic N) is 4. The fourth-order valence-electron chi connectivity index (χ4n) is 3.48. The number of nitrogens with one attached hydrogen (secondary N) is 3. The Morgan fingerprint density at radius 3 is 2.94 bits per heavy atom. The number of H-pyrrole nitrogens is 1. The van der Waals surface area contributed by atoms with Crippen LogP contribution in [-0.2, 0) is 11.2 Å². The van der Waals surface area contributed by atoms with Gasteiger partial charge in [0, 0.05) is 28.3 Å². The number of hydrogen-bond acceptors (Lipinski definition) is 7. The summed E-state index contributed by atoms with van der Waals surface area (Å²) in [4.78, 5) is 19.6. The molecule has 0 saturated heterocycles. The average Bonchev–Trinajstić information content (AvgIpc) is 3.36. The molecule has 1 amide bonds. The molecule has 1 fully saturated rings. The second kappa shape index (κ2) is 8.60. The molecule has 8 nitrogen and oxygen atoms in total. The molecule has 1 aliphatic carbocycles. The molecule has 2 aromatic rings. The van der Waals surface area contributed by atoms with E-state index >= 15 is 0 Å². The summed E-state index contributed by atoms with van der Waals surface area (Å²) < 4.78 is 2.14. The molecule has 3 heterocycles. The van der Waals surface area contributed by atoms with Crippen LogP contribution in [0.25, 0.3) is 0 Å². The quantitative estimate of drug-likeness (QED) is 0.431. The Labute approximate surface area is 185 Å². The molecule has 0 unspecified atom stereocenters. The summed E-state index contributed by atoms with van der Waals surface area (Å²) in [6, 6.07) is 10.0. The van der Waals surface area contributed by atoms with Gasteiger partial charge in [-0.2, -0.15) is 10.1 Å². The van der Waals surface area contributed by atoms with E-state index in [9.17, 15) is 4.79 Å². The van der Waals surface area contributed by atoms with Crippen molar-refractivity contribution in [1.29, 1.82) is 0 Å². The molecule has 0 bridgehead atoms. The first-order valence-corrected chi connectivity index (χ1v) is 11.4. The standard InChI is InChI=1S/C22H25N7OS/c1-2-3-17-12-19(27-26-17)25-21-14-28(13-20-23-10-11-29(20)21)31-18-8-6-16(7-9-18)24-22(30)15-4-5-15/h6-12,14-15H,2-5,13H2,1H3,(H,24,30)(H2,25,26,27)/q+1. The van der Waals surface area contributed by atoms with Crippen LogP contribution in [0.4, 0.5) is 11.5 Å². The molecule has 5 rings (SSSR count). The van der Waals surface area contributed by atoms with Crippen LogP contribution in [0.2, 0.25) is 0 Å². The highest BCUT2D eigenvalue weighted by Crippen LogP contribution is 2.32. The average molecular weight is 436 g/mol. The van der Waals surface area contributed by atoms with Crippen molar-refractivity contribution < 1.29 is 4.79 Å². The van der Waals surface area contributed by atoms with Crippen LogP contribution in [0.5, 0.6) is 0 Å². The molecule has 1 saturated carbocycles. The summed E-state index contributed by atoms with van der Waals surface area (Å²) in [5, 5.41) is 13.8. The molecular formula is C22H25N7OS+. The van der Waals surface area contributed by atoms with E-state index in [2.05, 4.69) is 43.3 Å². The van der Waals surface area contributed by atoms with Gasteiger partial charge in [-0.3, -0.25) is 19.5 Å². The van der Waals surface area contributed by atoms with Crippen molar-refractivity contribution >= 4 is 35.2 Å². The second-order valence-electron chi connectivity index (χ2n) is 7.84. The molecule has 0 atom stereocenters. The summed E-state index contributed by atoms with van der Waals surface area (Å²) in [7, 11) is 0. The predicted octanol–water partition coefficient (Wildman–Crippen LogP) is 3.97. The molecule has 3 aliphatic rings. The highest BCUT2D eigenvalue weighted by molar-refractivity contribution is 7.97. The van der Waals surface area contributed by atoms with Gasteiger partial charge in [-0.05, 0) is 60.4 Å². The van der Waals surface area contributed by atoms with Crippen molar-refractivity contribution in [3.8, 4) is 0 Å². The van der Waals surface area contributed by atoms with Crippen LogP contribution in [0.15, 0.2) is 64.6 Å². The van der Waals surface area contributed by atoms with Crippen molar-refractivity contribution in [2.45, 2.75) is 37.5 Å². The van der Waals surface area contributed by atoms with Gasteiger partial charge in [0.05, 0.1) is 12.4 Å². The number of aromatic amines is 1. The number of amidine groups is 1. The predicted molar refractivity (Wildman–Crippen MR) is 123 cm³/mol. The fourth-order valence-corrected chi connectivity index (χ4v) is 4.35. The molecule has 1 aromatic carbocycles. The zero-order chi connectivity index (χ0) is 21.2. The minimum Gasteiger partial charge on any atom is -0.326 e. The first-order valence-electron chi connectivity index (χ1n) is 10.6. The van der Waals surface area contributed by atoms with Gasteiger partial charge in [-0.1, -0.05) is 13.3 Å². The number of carbonyl (C=O) groups is 1. The number of anilines is 2. The molecule has 159 valence electrons. The van der Waals surface area contributed by atoms with Crippen LogP contribution in [0, 0.1) is 5.92 Å². The van der Waals surface area contributed by atoms with Gasteiger partial charge in [0.1, 0.15) is 6.54 Å². The Hall–Kier alpha value is -3.04. The number of hydrogen-bond donors (Lipinski definition) is 3. The Bertz CT molecular complexity index is 1050. The van der Waals surface area contributed by atoms with Gasteiger partial charge < -0.3 is 5.32 Å². The van der Waals surface area contributed by atoms with Crippen LogP contribution in [-0.4, -0.2) is 32.8 Å². The summed E-state index contributed by atoms with van der Waals surface area (Å²) in [5.41, 5.74) is 1.96. The van der Waals surface area contributed by atoms with Gasteiger partial charge >= 0.3 is 0 Å². The number of aryl methyl sites for hydroxylation is 1. The second-order valence-corrected chi connectivity index (χ2v) is 8.96. The smallest absolute Gasteiger partial charge is 0.285 e. The largest absolute Gasteiger partial charge is 0.326 e. The maximum atomic E-state index is 11.9. The van der Waals surface area contributed by atoms with Crippen LogP contribution in [0.3, 0.4) is 0 Å². The number of amides is 1. The van der Waals surface area contributed by atoms with E-state index in [0.29, 0.717) is 6.54 Å². The highest BCUT2D eigenvalue weighted by atomic mass is 32.2. The number of fused-ring (bicyclic) bond motifs is 1. The molecule has 1 radical (unpaired) electrons. The lowest BCUT2D eigenvalue weighted by Crippen LogP contribution is -2.42. The van der Waals surface area contributed by atoms with E-state index in [1.807, 2.05) is 47.6 Å². The Kier molecular flexibility index (Phi) is 5.52. The lowest BCUT2D eigenvalue weighted by atomic mass is 10.2. The van der Waals surface area contributed by atoms with Gasteiger partial charge in [0.2, 0.25) is 5.91 Å². The van der Waals surface area contributed by atoms with Crippen LogP contribution < -0.4 is 15.5 Å². The maximum absolute atomic E-state index is 11.9.